The normalized spacial score (nSPS) is 17.2. The standard InChI is InChI=1S/C16H20N4O.C9H16/c17-13-5-7-20(8-6-13)11-16(21)19-14-9-12-3-1-2-4-15(12)18-10-14;1-5-7-9(4)8(3)6-2/h1-4,9-10,13H,5-8,11,17H2,(H,19,21);5-9H,2H2,1,3-4H3/b;7-5-. The van der Waals surface area contributed by atoms with Crippen LogP contribution in [0.15, 0.2) is 61.3 Å². The Bertz CT molecular complexity index is 840. The molecular formula is C25H36N4O. The molecule has 30 heavy (non-hydrogen) atoms. The molecule has 5 nitrogen and oxygen atoms in total. The molecule has 0 saturated carbocycles. The number of allylic oxidation sites excluding steroid dienone is 3. The number of nitrogens with zero attached hydrogens (tertiary/aromatic N) is 2. The van der Waals surface area contributed by atoms with E-state index in [1.807, 2.05) is 43.3 Å². The zero-order valence-corrected chi connectivity index (χ0v) is 18.6. The van der Waals surface area contributed by atoms with E-state index >= 15 is 0 Å². The summed E-state index contributed by atoms with van der Waals surface area (Å²) in [5.41, 5.74) is 7.54. The van der Waals surface area contributed by atoms with Gasteiger partial charge in [0.1, 0.15) is 0 Å². The number of carbonyl (C=O) groups is 1. The Labute approximate surface area is 181 Å². The van der Waals surface area contributed by atoms with Gasteiger partial charge in [0.15, 0.2) is 0 Å². The maximum atomic E-state index is 12.1. The minimum Gasteiger partial charge on any atom is -0.328 e. The molecule has 0 spiro atoms. The SMILES string of the molecule is C=CC(C)C(C)/C=C\C.NC1CCN(CC(=O)Nc2cnc3ccccc3c2)CC1. The molecule has 1 fully saturated rings. The van der Waals surface area contributed by atoms with Crippen molar-refractivity contribution in [1.82, 2.24) is 9.88 Å². The number of rotatable bonds is 6. The number of pyridine rings is 1. The second kappa shape index (κ2) is 12.3. The predicted octanol–water partition coefficient (Wildman–Crippen LogP) is 4.62. The van der Waals surface area contributed by atoms with Gasteiger partial charge in [-0.25, -0.2) is 0 Å². The van der Waals surface area contributed by atoms with E-state index in [1.165, 1.54) is 0 Å². The van der Waals surface area contributed by atoms with Crippen molar-refractivity contribution in [2.24, 2.45) is 17.6 Å². The van der Waals surface area contributed by atoms with Crippen molar-refractivity contribution >= 4 is 22.5 Å². The van der Waals surface area contributed by atoms with Crippen LogP contribution in [0.3, 0.4) is 0 Å². The molecule has 0 bridgehead atoms. The number of hydrogen-bond acceptors (Lipinski definition) is 4. The molecule has 3 N–H and O–H groups in total. The summed E-state index contributed by atoms with van der Waals surface area (Å²) in [6.07, 6.45) is 9.91. The molecule has 5 heteroatoms. The average Bonchev–Trinajstić information content (AvgIpc) is 2.75. The highest BCUT2D eigenvalue weighted by Crippen LogP contribution is 2.16. The van der Waals surface area contributed by atoms with Gasteiger partial charge in [0.25, 0.3) is 0 Å². The smallest absolute Gasteiger partial charge is 0.238 e. The molecule has 3 rings (SSSR count). The molecule has 1 aromatic heterocycles. The number of fused-ring (bicyclic) bond motifs is 1. The van der Waals surface area contributed by atoms with Crippen LogP contribution in [-0.4, -0.2) is 41.5 Å². The van der Waals surface area contributed by atoms with Crippen molar-refractivity contribution in [3.63, 3.8) is 0 Å². The summed E-state index contributed by atoms with van der Waals surface area (Å²) in [5.74, 6) is 1.23. The third-order valence-electron chi connectivity index (χ3n) is 5.57. The van der Waals surface area contributed by atoms with Crippen LogP contribution < -0.4 is 11.1 Å². The van der Waals surface area contributed by atoms with Crippen molar-refractivity contribution in [1.29, 1.82) is 0 Å². The topological polar surface area (TPSA) is 71.2 Å². The molecule has 2 heterocycles. The second-order valence-corrected chi connectivity index (χ2v) is 8.06. The summed E-state index contributed by atoms with van der Waals surface area (Å²) in [6, 6.07) is 10.1. The first-order valence-corrected chi connectivity index (χ1v) is 10.8. The highest BCUT2D eigenvalue weighted by molar-refractivity contribution is 5.94. The lowest BCUT2D eigenvalue weighted by Crippen LogP contribution is -2.43. The number of aromatic nitrogens is 1. The molecular weight excluding hydrogens is 372 g/mol. The molecule has 0 radical (unpaired) electrons. The molecule has 1 amide bonds. The lowest BCUT2D eigenvalue weighted by atomic mass is 9.96. The first kappa shape index (κ1) is 23.8. The zero-order valence-electron chi connectivity index (χ0n) is 18.6. The van der Waals surface area contributed by atoms with Gasteiger partial charge in [0.2, 0.25) is 5.91 Å². The Balaban J connectivity index is 0.000000303. The van der Waals surface area contributed by atoms with Gasteiger partial charge in [0, 0.05) is 24.5 Å². The van der Waals surface area contributed by atoms with Crippen LogP contribution in [0.2, 0.25) is 0 Å². The van der Waals surface area contributed by atoms with E-state index in [-0.39, 0.29) is 11.9 Å². The third kappa shape index (κ3) is 7.73. The maximum absolute atomic E-state index is 12.1. The minimum atomic E-state index is 0.00236. The van der Waals surface area contributed by atoms with Crippen LogP contribution >= 0.6 is 0 Å². The van der Waals surface area contributed by atoms with Crippen LogP contribution in [0.5, 0.6) is 0 Å². The van der Waals surface area contributed by atoms with Gasteiger partial charge in [-0.05, 0) is 43.7 Å². The first-order chi connectivity index (χ1) is 14.4. The largest absolute Gasteiger partial charge is 0.328 e. The van der Waals surface area contributed by atoms with E-state index in [1.54, 1.807) is 6.20 Å². The summed E-state index contributed by atoms with van der Waals surface area (Å²) in [4.78, 5) is 18.6. The Kier molecular flexibility index (Phi) is 9.71. The van der Waals surface area contributed by atoms with Crippen LogP contribution in [0.25, 0.3) is 10.9 Å². The van der Waals surface area contributed by atoms with Crippen molar-refractivity contribution in [3.8, 4) is 0 Å². The van der Waals surface area contributed by atoms with Gasteiger partial charge in [-0.1, -0.05) is 50.3 Å². The Hall–Kier alpha value is -2.50. The molecule has 1 aromatic carbocycles. The van der Waals surface area contributed by atoms with E-state index in [0.717, 1.165) is 42.5 Å². The summed E-state index contributed by atoms with van der Waals surface area (Å²) >= 11 is 0. The van der Waals surface area contributed by atoms with Crippen molar-refractivity contribution < 1.29 is 4.79 Å². The third-order valence-corrected chi connectivity index (χ3v) is 5.57. The minimum absolute atomic E-state index is 0.00236. The average molecular weight is 409 g/mol. The number of piperidine rings is 1. The number of nitrogens with two attached hydrogens (primary N) is 1. The van der Waals surface area contributed by atoms with Crippen molar-refractivity contribution in [3.05, 3.63) is 61.3 Å². The van der Waals surface area contributed by atoms with E-state index in [0.29, 0.717) is 18.4 Å². The predicted molar refractivity (Wildman–Crippen MR) is 127 cm³/mol. The Morgan fingerprint density at radius 2 is 2.00 bits per heavy atom. The summed E-state index contributed by atoms with van der Waals surface area (Å²) in [5, 5.41) is 3.95. The number of benzene rings is 1. The molecule has 1 aliphatic rings. The number of likely N-dealkylation sites (tertiary alicyclic amines) is 1. The van der Waals surface area contributed by atoms with Gasteiger partial charge in [-0.3, -0.25) is 14.7 Å². The molecule has 2 aromatic rings. The fraction of sp³-hybridized carbons (Fsp3) is 0.440. The lowest BCUT2D eigenvalue weighted by Gasteiger charge is -2.29. The van der Waals surface area contributed by atoms with Gasteiger partial charge >= 0.3 is 0 Å². The van der Waals surface area contributed by atoms with Gasteiger partial charge in [-0.15, -0.1) is 6.58 Å². The van der Waals surface area contributed by atoms with Crippen LogP contribution in [0.4, 0.5) is 5.69 Å². The number of hydrogen-bond donors (Lipinski definition) is 2. The van der Waals surface area contributed by atoms with Crippen LogP contribution in [-0.2, 0) is 4.79 Å². The molecule has 1 aliphatic heterocycles. The van der Waals surface area contributed by atoms with Gasteiger partial charge in [-0.2, -0.15) is 0 Å². The van der Waals surface area contributed by atoms with E-state index in [9.17, 15) is 4.79 Å². The fourth-order valence-corrected chi connectivity index (χ4v) is 3.35. The molecule has 2 atom stereocenters. The van der Waals surface area contributed by atoms with E-state index in [2.05, 4.69) is 47.8 Å². The number of anilines is 1. The van der Waals surface area contributed by atoms with Gasteiger partial charge in [0.05, 0.1) is 23.9 Å². The van der Waals surface area contributed by atoms with E-state index in [4.69, 9.17) is 5.73 Å². The summed E-state index contributed by atoms with van der Waals surface area (Å²) in [7, 11) is 0. The zero-order chi connectivity index (χ0) is 21.9. The molecule has 0 aliphatic carbocycles. The highest BCUT2D eigenvalue weighted by atomic mass is 16.2. The Morgan fingerprint density at radius 3 is 2.67 bits per heavy atom. The maximum Gasteiger partial charge on any atom is 0.238 e. The van der Waals surface area contributed by atoms with Crippen LogP contribution in [0.1, 0.15) is 33.6 Å². The monoisotopic (exact) mass is 408 g/mol. The fourth-order valence-electron chi connectivity index (χ4n) is 3.35. The molecule has 1 saturated heterocycles. The molecule has 162 valence electrons. The summed E-state index contributed by atoms with van der Waals surface area (Å²) in [6.45, 7) is 12.4. The van der Waals surface area contributed by atoms with Crippen LogP contribution in [0, 0.1) is 11.8 Å². The second-order valence-electron chi connectivity index (χ2n) is 8.06. The quantitative estimate of drug-likeness (QED) is 0.684. The number of para-hydroxylation sites is 1. The van der Waals surface area contributed by atoms with E-state index < -0.39 is 0 Å². The number of amides is 1. The number of carbonyl (C=O) groups excluding carboxylic acids is 1. The highest BCUT2D eigenvalue weighted by Gasteiger charge is 2.18. The lowest BCUT2D eigenvalue weighted by molar-refractivity contribution is -0.117. The van der Waals surface area contributed by atoms with Crippen molar-refractivity contribution in [2.75, 3.05) is 25.0 Å². The summed E-state index contributed by atoms with van der Waals surface area (Å²) < 4.78 is 0. The first-order valence-electron chi connectivity index (χ1n) is 10.8. The molecule has 2 unspecified atom stereocenters. The van der Waals surface area contributed by atoms with Gasteiger partial charge < -0.3 is 11.1 Å². The Morgan fingerprint density at radius 1 is 1.30 bits per heavy atom. The van der Waals surface area contributed by atoms with Crippen molar-refractivity contribution in [2.45, 2.75) is 39.7 Å². The number of nitrogens with one attached hydrogen (secondary N) is 1.